The van der Waals surface area contributed by atoms with Gasteiger partial charge in [-0.05, 0) is 67.0 Å². The van der Waals surface area contributed by atoms with E-state index in [0.29, 0.717) is 22.7 Å². The summed E-state index contributed by atoms with van der Waals surface area (Å²) in [6.07, 6.45) is -1.67. The van der Waals surface area contributed by atoms with E-state index in [1.165, 1.54) is 35.9 Å². The molecule has 1 saturated carbocycles. The number of amides is 1. The highest BCUT2D eigenvalue weighted by Crippen LogP contribution is 2.37. The maximum absolute atomic E-state index is 15.0. The molecule has 1 saturated heterocycles. The van der Waals surface area contributed by atoms with Gasteiger partial charge < -0.3 is 19.8 Å². The predicted octanol–water partition coefficient (Wildman–Crippen LogP) is 6.16. The van der Waals surface area contributed by atoms with E-state index in [4.69, 9.17) is 4.74 Å². The van der Waals surface area contributed by atoms with Crippen LogP contribution in [0.5, 0.6) is 5.75 Å². The minimum Gasteiger partial charge on any atom is -0.485 e. The first-order valence-electron chi connectivity index (χ1n) is 14.9. The largest absolute Gasteiger partial charge is 0.485 e. The van der Waals surface area contributed by atoms with Crippen molar-refractivity contribution >= 4 is 5.91 Å². The van der Waals surface area contributed by atoms with Crippen molar-refractivity contribution in [1.29, 1.82) is 0 Å². The van der Waals surface area contributed by atoms with Gasteiger partial charge in [0.2, 0.25) is 5.91 Å². The fourth-order valence-corrected chi connectivity index (χ4v) is 5.94. The Bertz CT molecular complexity index is 1660. The molecule has 0 atom stereocenters. The lowest BCUT2D eigenvalue weighted by Crippen LogP contribution is -2.43. The molecule has 2 N–H and O–H groups in total. The van der Waals surface area contributed by atoms with Gasteiger partial charge in [0.1, 0.15) is 6.61 Å². The number of pyridine rings is 1. The number of halogens is 4. The van der Waals surface area contributed by atoms with Crippen LogP contribution in [0.15, 0.2) is 66.9 Å². The first-order valence-corrected chi connectivity index (χ1v) is 14.9. The molecule has 12 heteroatoms. The number of carbonyl (C=O) groups excluding carboxylic acids is 1. The molecule has 45 heavy (non-hydrogen) atoms. The third kappa shape index (κ3) is 6.43. The molecule has 2 aliphatic rings. The zero-order chi connectivity index (χ0) is 31.7. The number of likely N-dealkylation sites (tertiary alicyclic amines) is 1. The molecule has 1 aliphatic heterocycles. The maximum Gasteiger partial charge on any atom is 0.434 e. The van der Waals surface area contributed by atoms with Gasteiger partial charge in [0.15, 0.2) is 29.4 Å². The van der Waals surface area contributed by atoms with E-state index in [-0.39, 0.29) is 35.3 Å². The molecular formula is C33H32F4N4O4. The van der Waals surface area contributed by atoms with Crippen LogP contribution in [0, 0.1) is 11.7 Å². The van der Waals surface area contributed by atoms with Crippen LogP contribution in [0.3, 0.4) is 0 Å². The third-order valence-corrected chi connectivity index (χ3v) is 8.63. The quantitative estimate of drug-likeness (QED) is 0.180. The fourth-order valence-electron chi connectivity index (χ4n) is 5.94. The third-order valence-electron chi connectivity index (χ3n) is 8.63. The number of ether oxygens (including phenoxy) is 1. The molecule has 1 aliphatic carbocycles. The zero-order valence-corrected chi connectivity index (χ0v) is 24.3. The van der Waals surface area contributed by atoms with Crippen molar-refractivity contribution in [2.24, 2.45) is 5.92 Å². The molecular weight excluding hydrogens is 592 g/mol. The lowest BCUT2D eigenvalue weighted by molar-refractivity contribution is -0.147. The summed E-state index contributed by atoms with van der Waals surface area (Å²) in [6, 6.07) is 16.3. The SMILES string of the molecule is O=C(C1CCC1)N1CCC(c2ccc(COc3c(F)cccc3-c3cccc(-n4ncc(C(O)O)c4C(F)(F)F)n3)cc2)CC1. The van der Waals surface area contributed by atoms with Gasteiger partial charge in [-0.25, -0.2) is 14.1 Å². The number of benzene rings is 2. The Morgan fingerprint density at radius 2 is 1.69 bits per heavy atom. The molecule has 0 radical (unpaired) electrons. The molecule has 0 bridgehead atoms. The van der Waals surface area contributed by atoms with Crippen molar-refractivity contribution in [2.75, 3.05) is 13.1 Å². The molecule has 3 heterocycles. The van der Waals surface area contributed by atoms with E-state index in [1.807, 2.05) is 29.2 Å². The number of rotatable bonds is 8. The summed E-state index contributed by atoms with van der Waals surface area (Å²) in [5.41, 5.74) is 0.132. The zero-order valence-electron chi connectivity index (χ0n) is 24.3. The van der Waals surface area contributed by atoms with E-state index in [9.17, 15) is 28.2 Å². The second-order valence-corrected chi connectivity index (χ2v) is 11.5. The van der Waals surface area contributed by atoms with Crippen LogP contribution >= 0.6 is 0 Å². The first-order chi connectivity index (χ1) is 21.6. The second-order valence-electron chi connectivity index (χ2n) is 11.5. The van der Waals surface area contributed by atoms with Gasteiger partial charge in [-0.1, -0.05) is 42.8 Å². The number of aromatic nitrogens is 3. The highest BCUT2D eigenvalue weighted by Gasteiger charge is 2.40. The highest BCUT2D eigenvalue weighted by molar-refractivity contribution is 5.79. The second kappa shape index (κ2) is 12.6. The Morgan fingerprint density at radius 1 is 0.978 bits per heavy atom. The van der Waals surface area contributed by atoms with Gasteiger partial charge in [0.25, 0.3) is 0 Å². The van der Waals surface area contributed by atoms with Crippen LogP contribution in [-0.2, 0) is 17.6 Å². The number of aliphatic hydroxyl groups excluding tert-OH is 1. The fraction of sp³-hybridized carbons (Fsp3) is 0.364. The van der Waals surface area contributed by atoms with Gasteiger partial charge in [-0.15, -0.1) is 0 Å². The topological polar surface area (TPSA) is 101 Å². The smallest absolute Gasteiger partial charge is 0.434 e. The Labute approximate surface area is 256 Å². The average Bonchev–Trinajstić information content (AvgIpc) is 3.47. The predicted molar refractivity (Wildman–Crippen MR) is 156 cm³/mol. The van der Waals surface area contributed by atoms with Crippen LogP contribution in [-0.4, -0.2) is 48.9 Å². The summed E-state index contributed by atoms with van der Waals surface area (Å²) in [4.78, 5) is 18.8. The summed E-state index contributed by atoms with van der Waals surface area (Å²) in [7, 11) is 0. The standard InChI is InChI=1S/C33H32F4N4O4/c34-26-7-2-6-24(27-8-3-9-28(39-27)41-30(33(35,36)37)25(18-38-41)32(43)44)29(26)45-19-20-10-12-21(13-11-20)22-14-16-40(17-15-22)31(42)23-4-1-5-23/h2-3,6-13,18,22-23,32,43-44H,1,4-5,14-17,19H2. The first kappa shape index (κ1) is 30.7. The summed E-state index contributed by atoms with van der Waals surface area (Å²) in [6.45, 7) is 1.56. The van der Waals surface area contributed by atoms with Crippen molar-refractivity contribution in [3.05, 3.63) is 95.1 Å². The normalized spacial score (nSPS) is 16.2. The molecule has 236 valence electrons. The minimum atomic E-state index is -4.96. The van der Waals surface area contributed by atoms with E-state index >= 15 is 4.39 Å². The van der Waals surface area contributed by atoms with Crippen molar-refractivity contribution in [3.8, 4) is 22.8 Å². The van der Waals surface area contributed by atoms with Crippen LogP contribution < -0.4 is 4.74 Å². The lowest BCUT2D eigenvalue weighted by Gasteiger charge is -2.36. The average molecular weight is 625 g/mol. The highest BCUT2D eigenvalue weighted by atomic mass is 19.4. The molecule has 2 fully saturated rings. The number of aliphatic hydroxyl groups is 2. The Balaban J connectivity index is 1.16. The number of piperidine rings is 1. The molecule has 2 aromatic heterocycles. The van der Waals surface area contributed by atoms with Crippen molar-refractivity contribution in [3.63, 3.8) is 0 Å². The molecule has 0 spiro atoms. The summed E-state index contributed by atoms with van der Waals surface area (Å²) in [5.74, 6) is -0.172. The number of para-hydroxylation sites is 1. The maximum atomic E-state index is 15.0. The summed E-state index contributed by atoms with van der Waals surface area (Å²) >= 11 is 0. The monoisotopic (exact) mass is 624 g/mol. The number of carbonyl (C=O) groups is 1. The minimum absolute atomic E-state index is 0.0391. The Kier molecular flexibility index (Phi) is 8.61. The van der Waals surface area contributed by atoms with Crippen molar-refractivity contribution < 1.29 is 37.3 Å². The van der Waals surface area contributed by atoms with Crippen molar-refractivity contribution in [2.45, 2.75) is 57.1 Å². The van der Waals surface area contributed by atoms with Gasteiger partial charge in [-0.3, -0.25) is 4.79 Å². The van der Waals surface area contributed by atoms with Crippen LogP contribution in [0.1, 0.15) is 66.7 Å². The number of hydrogen-bond acceptors (Lipinski definition) is 6. The van der Waals surface area contributed by atoms with Gasteiger partial charge in [-0.2, -0.15) is 18.3 Å². The van der Waals surface area contributed by atoms with E-state index in [0.717, 1.165) is 50.8 Å². The molecule has 4 aromatic rings. The van der Waals surface area contributed by atoms with Crippen LogP contribution in [0.25, 0.3) is 17.1 Å². The molecule has 8 nitrogen and oxygen atoms in total. The summed E-state index contributed by atoms with van der Waals surface area (Å²) < 4.78 is 62.9. The van der Waals surface area contributed by atoms with E-state index in [1.54, 1.807) is 6.07 Å². The van der Waals surface area contributed by atoms with Crippen molar-refractivity contribution in [1.82, 2.24) is 19.7 Å². The Morgan fingerprint density at radius 3 is 2.33 bits per heavy atom. The number of hydrogen-bond donors (Lipinski definition) is 2. The molecule has 6 rings (SSSR count). The summed E-state index contributed by atoms with van der Waals surface area (Å²) in [5, 5.41) is 22.5. The van der Waals surface area contributed by atoms with Gasteiger partial charge >= 0.3 is 6.18 Å². The van der Waals surface area contributed by atoms with E-state index in [2.05, 4.69) is 10.1 Å². The Hall–Kier alpha value is -4.29. The number of nitrogens with zero attached hydrogens (tertiary/aromatic N) is 4. The van der Waals surface area contributed by atoms with E-state index < -0.39 is 29.5 Å². The molecule has 0 unspecified atom stereocenters. The van der Waals surface area contributed by atoms with Crippen LogP contribution in [0.2, 0.25) is 0 Å². The molecule has 1 amide bonds. The molecule has 2 aromatic carbocycles. The van der Waals surface area contributed by atoms with Crippen LogP contribution in [0.4, 0.5) is 17.6 Å². The van der Waals surface area contributed by atoms with Gasteiger partial charge in [0, 0.05) is 24.6 Å². The number of alkyl halides is 3. The lowest BCUT2D eigenvalue weighted by atomic mass is 9.83. The van der Waals surface area contributed by atoms with Gasteiger partial charge in [0.05, 0.1) is 17.5 Å².